The number of amides is 2. The van der Waals surface area contributed by atoms with Crippen LogP contribution >= 0.6 is 12.2 Å². The predicted octanol–water partition coefficient (Wildman–Crippen LogP) is 3.78. The number of pyridine rings is 1. The molecule has 3 rings (SSSR count). The molecule has 10 nitrogen and oxygen atoms in total. The van der Waals surface area contributed by atoms with Crippen LogP contribution in [0.5, 0.6) is 11.5 Å². The first kappa shape index (κ1) is 29.6. The maximum atomic E-state index is 14.1. The molecule has 1 aliphatic rings. The second kappa shape index (κ2) is 13.2. The third-order valence-electron chi connectivity index (χ3n) is 5.59. The number of thiocarbonyl (C=S) groups is 1. The summed E-state index contributed by atoms with van der Waals surface area (Å²) in [5.74, 6) is -0.349. The van der Waals surface area contributed by atoms with Crippen LogP contribution in [0.3, 0.4) is 0 Å². The average Bonchev–Trinajstić information content (AvgIpc) is 2.87. The number of methoxy groups -OCH3 is 1. The van der Waals surface area contributed by atoms with Gasteiger partial charge in [0, 0.05) is 44.0 Å². The fourth-order valence-electron chi connectivity index (χ4n) is 3.68. The Hall–Kier alpha value is -3.93. The van der Waals surface area contributed by atoms with E-state index >= 15 is 0 Å². The summed E-state index contributed by atoms with van der Waals surface area (Å²) in [5, 5.41) is 9.03. The van der Waals surface area contributed by atoms with Crippen LogP contribution in [0.15, 0.2) is 47.9 Å². The smallest absolute Gasteiger partial charge is 0.410 e. The van der Waals surface area contributed by atoms with Gasteiger partial charge in [-0.1, -0.05) is 18.3 Å². The molecule has 3 N–H and O–H groups in total. The lowest BCUT2D eigenvalue weighted by Gasteiger charge is -2.25. The average molecular weight is 560 g/mol. The Labute approximate surface area is 232 Å². The van der Waals surface area contributed by atoms with Gasteiger partial charge in [0.25, 0.3) is 5.91 Å². The highest BCUT2D eigenvalue weighted by molar-refractivity contribution is 7.81. The van der Waals surface area contributed by atoms with Gasteiger partial charge < -0.3 is 35.1 Å². The normalized spacial score (nSPS) is 13.3. The van der Waals surface area contributed by atoms with Crippen LogP contribution in [0.4, 0.5) is 14.9 Å². The summed E-state index contributed by atoms with van der Waals surface area (Å²) in [5.41, 5.74) is 1.43. The van der Waals surface area contributed by atoms with Crippen molar-refractivity contribution < 1.29 is 28.2 Å². The molecule has 210 valence electrons. The number of hydrogen-bond acceptors (Lipinski definition) is 8. The molecule has 1 aromatic carbocycles. The number of rotatable bonds is 10. The Morgan fingerprint density at radius 2 is 2.05 bits per heavy atom. The molecule has 39 heavy (non-hydrogen) atoms. The first-order valence-corrected chi connectivity index (χ1v) is 12.8. The predicted molar refractivity (Wildman–Crippen MR) is 149 cm³/mol. The third kappa shape index (κ3) is 8.28. The topological polar surface area (TPSA) is 114 Å². The number of carbonyl (C=O) groups excluding carboxylic acids is 2. The van der Waals surface area contributed by atoms with Crippen molar-refractivity contribution in [2.75, 3.05) is 39.2 Å². The van der Waals surface area contributed by atoms with Gasteiger partial charge in [0.1, 0.15) is 22.9 Å². The molecule has 0 fully saturated rings. The summed E-state index contributed by atoms with van der Waals surface area (Å²) < 4.78 is 30.5. The number of nitrogens with one attached hydrogen (secondary N) is 3. The van der Waals surface area contributed by atoms with Gasteiger partial charge >= 0.3 is 6.09 Å². The number of halogens is 1. The first-order valence-electron chi connectivity index (χ1n) is 12.4. The van der Waals surface area contributed by atoms with Crippen LogP contribution in [0.1, 0.15) is 32.8 Å². The highest BCUT2D eigenvalue weighted by Crippen LogP contribution is 2.28. The minimum absolute atomic E-state index is 0.00191. The number of para-hydroxylation sites is 1. The van der Waals surface area contributed by atoms with E-state index in [1.807, 2.05) is 20.8 Å². The molecule has 0 saturated heterocycles. The summed E-state index contributed by atoms with van der Waals surface area (Å²) in [7, 11) is 3.00. The summed E-state index contributed by atoms with van der Waals surface area (Å²) in [6.45, 7) is 6.74. The minimum Gasteiger partial charge on any atom is -0.492 e. The number of likely N-dealkylation sites (N-methyl/N-ethyl adjacent to an activating group) is 1. The van der Waals surface area contributed by atoms with Gasteiger partial charge in [0.15, 0.2) is 11.6 Å². The molecular formula is C27H34FN5O5S. The Kier molecular flexibility index (Phi) is 10.0. The Balaban J connectivity index is 1.68. The van der Waals surface area contributed by atoms with Crippen molar-refractivity contribution in [1.29, 1.82) is 0 Å². The molecule has 0 atom stereocenters. The number of ether oxygens (including phenoxy) is 3. The van der Waals surface area contributed by atoms with Crippen molar-refractivity contribution in [2.24, 2.45) is 0 Å². The molecule has 0 aliphatic carbocycles. The number of nitrogens with zero attached hydrogens (tertiary/aromatic N) is 2. The van der Waals surface area contributed by atoms with E-state index in [-0.39, 0.29) is 28.8 Å². The lowest BCUT2D eigenvalue weighted by molar-refractivity contribution is -0.117. The highest BCUT2D eigenvalue weighted by Gasteiger charge is 2.25. The molecule has 0 saturated carbocycles. The molecule has 12 heteroatoms. The van der Waals surface area contributed by atoms with Crippen LogP contribution in [-0.2, 0) is 16.1 Å². The SMILES string of the molecule is COc1c(F)cccc1NC(=S)C1=C(NCc2ccncc2OCCN(C)C(=O)OC(C)(C)C)CCNC1=O. The summed E-state index contributed by atoms with van der Waals surface area (Å²) >= 11 is 5.53. The number of aromatic nitrogens is 1. The van der Waals surface area contributed by atoms with Crippen LogP contribution in [0.2, 0.25) is 0 Å². The number of hydrogen-bond donors (Lipinski definition) is 3. The molecule has 0 unspecified atom stereocenters. The van der Waals surface area contributed by atoms with Gasteiger partial charge in [0.05, 0.1) is 31.1 Å². The van der Waals surface area contributed by atoms with E-state index in [1.54, 1.807) is 31.6 Å². The standard InChI is InChI=1S/C27H34FN5O5S/c1-27(2,3)38-26(35)33(4)13-14-37-21-16-29-11-9-17(21)15-31-19-10-12-30-24(34)22(19)25(39)32-20-8-6-7-18(28)23(20)36-5/h6-9,11,16,31H,10,12-15H2,1-5H3,(H,30,34)(H,32,39). The van der Waals surface area contributed by atoms with Crippen LogP contribution in [0, 0.1) is 5.82 Å². The second-order valence-corrected chi connectivity index (χ2v) is 10.1. The maximum Gasteiger partial charge on any atom is 0.410 e. The zero-order valence-electron chi connectivity index (χ0n) is 22.7. The largest absolute Gasteiger partial charge is 0.492 e. The van der Waals surface area contributed by atoms with Crippen LogP contribution < -0.4 is 25.4 Å². The van der Waals surface area contributed by atoms with Gasteiger partial charge in [-0.25, -0.2) is 9.18 Å². The lowest BCUT2D eigenvalue weighted by Crippen LogP contribution is -2.39. The van der Waals surface area contributed by atoms with E-state index in [0.717, 1.165) is 5.56 Å². The molecule has 2 aromatic rings. The lowest BCUT2D eigenvalue weighted by atomic mass is 10.1. The Morgan fingerprint density at radius 1 is 1.28 bits per heavy atom. The molecule has 2 heterocycles. The van der Waals surface area contributed by atoms with E-state index in [9.17, 15) is 14.0 Å². The van der Waals surface area contributed by atoms with Crippen LogP contribution in [0.25, 0.3) is 0 Å². The molecule has 2 amide bonds. The monoisotopic (exact) mass is 559 g/mol. The fraction of sp³-hybridized carbons (Fsp3) is 0.407. The second-order valence-electron chi connectivity index (χ2n) is 9.72. The van der Waals surface area contributed by atoms with E-state index in [2.05, 4.69) is 20.9 Å². The van der Waals surface area contributed by atoms with Crippen molar-refractivity contribution in [3.63, 3.8) is 0 Å². The molecule has 0 spiro atoms. The zero-order chi connectivity index (χ0) is 28.6. The van der Waals surface area contributed by atoms with Gasteiger partial charge in [-0.15, -0.1) is 0 Å². The summed E-state index contributed by atoms with van der Waals surface area (Å²) in [6, 6.07) is 6.21. The van der Waals surface area contributed by atoms with Gasteiger partial charge in [-0.3, -0.25) is 9.78 Å². The molecule has 0 bridgehead atoms. The number of carbonyl (C=O) groups is 2. The van der Waals surface area contributed by atoms with Crippen LogP contribution in [-0.4, -0.2) is 66.3 Å². The zero-order valence-corrected chi connectivity index (χ0v) is 23.5. The minimum atomic E-state index is -0.584. The third-order valence-corrected chi connectivity index (χ3v) is 5.89. The molecule has 1 aliphatic heterocycles. The van der Waals surface area contributed by atoms with Crippen molar-refractivity contribution in [3.05, 3.63) is 59.3 Å². The summed E-state index contributed by atoms with van der Waals surface area (Å²) in [6.07, 6.45) is 3.32. The Bertz CT molecular complexity index is 1250. The first-order chi connectivity index (χ1) is 18.5. The van der Waals surface area contributed by atoms with Gasteiger partial charge in [-0.2, -0.15) is 0 Å². The Morgan fingerprint density at radius 3 is 2.77 bits per heavy atom. The fourth-order valence-corrected chi connectivity index (χ4v) is 4.00. The van der Waals surface area contributed by atoms with E-state index in [1.165, 1.54) is 24.1 Å². The summed E-state index contributed by atoms with van der Waals surface area (Å²) in [4.78, 5) is 30.7. The van der Waals surface area contributed by atoms with Crippen molar-refractivity contribution >= 4 is 34.9 Å². The van der Waals surface area contributed by atoms with Crippen molar-refractivity contribution in [2.45, 2.75) is 39.3 Å². The highest BCUT2D eigenvalue weighted by atomic mass is 32.1. The van der Waals surface area contributed by atoms with Crippen molar-refractivity contribution in [3.8, 4) is 11.5 Å². The molecule has 0 radical (unpaired) electrons. The number of benzene rings is 1. The maximum absolute atomic E-state index is 14.1. The quantitative estimate of drug-likeness (QED) is 0.374. The molecule has 1 aromatic heterocycles. The van der Waals surface area contributed by atoms with E-state index in [4.69, 9.17) is 26.4 Å². The van der Waals surface area contributed by atoms with E-state index < -0.39 is 17.5 Å². The van der Waals surface area contributed by atoms with Gasteiger partial charge in [0.2, 0.25) is 0 Å². The van der Waals surface area contributed by atoms with E-state index in [0.29, 0.717) is 43.2 Å². The molecular weight excluding hydrogens is 525 g/mol. The number of anilines is 1. The van der Waals surface area contributed by atoms with Crippen molar-refractivity contribution in [1.82, 2.24) is 20.5 Å². The van der Waals surface area contributed by atoms with Gasteiger partial charge in [-0.05, 0) is 39.0 Å².